The van der Waals surface area contributed by atoms with Crippen LogP contribution in [0.15, 0.2) is 45.8 Å². The van der Waals surface area contributed by atoms with Crippen LogP contribution in [-0.4, -0.2) is 19.7 Å². The Morgan fingerprint density at radius 1 is 1.19 bits per heavy atom. The zero-order valence-electron chi connectivity index (χ0n) is 15.3. The van der Waals surface area contributed by atoms with E-state index in [0.717, 1.165) is 17.7 Å². The summed E-state index contributed by atoms with van der Waals surface area (Å²) in [5, 5.41) is 0. The largest absolute Gasteiger partial charge is 0.497 e. The quantitative estimate of drug-likeness (QED) is 0.638. The number of carbonyl (C=O) groups excluding carboxylic acids is 1. The van der Waals surface area contributed by atoms with E-state index in [1.165, 1.54) is 12.3 Å². The van der Waals surface area contributed by atoms with Gasteiger partial charge in [0, 0.05) is 6.07 Å². The van der Waals surface area contributed by atoms with Crippen molar-refractivity contribution in [3.8, 4) is 11.5 Å². The van der Waals surface area contributed by atoms with E-state index in [-0.39, 0.29) is 30.0 Å². The molecule has 0 aliphatic heterocycles. The predicted molar refractivity (Wildman–Crippen MR) is 96.4 cm³/mol. The second-order valence-corrected chi connectivity index (χ2v) is 6.29. The Balaban J connectivity index is 1.83. The van der Waals surface area contributed by atoms with Crippen LogP contribution in [0.2, 0.25) is 0 Å². The fourth-order valence-corrected chi connectivity index (χ4v) is 2.14. The summed E-state index contributed by atoms with van der Waals surface area (Å²) in [6, 6.07) is 8.43. The molecular formula is C20H24O6. The highest BCUT2D eigenvalue weighted by Gasteiger charge is 2.09. The number of benzene rings is 1. The summed E-state index contributed by atoms with van der Waals surface area (Å²) in [5.41, 5.74) is 0.521. The summed E-state index contributed by atoms with van der Waals surface area (Å²) in [7, 11) is 1.58. The lowest BCUT2D eigenvalue weighted by Gasteiger charge is -2.08. The number of methoxy groups -OCH3 is 1. The van der Waals surface area contributed by atoms with E-state index in [0.29, 0.717) is 12.5 Å². The maximum Gasteiger partial charge on any atom is 0.310 e. The first-order valence-electron chi connectivity index (χ1n) is 8.51. The Morgan fingerprint density at radius 2 is 1.92 bits per heavy atom. The molecule has 2 rings (SSSR count). The molecule has 0 aliphatic carbocycles. The number of carbonyl (C=O) groups is 1. The second kappa shape index (κ2) is 9.65. The van der Waals surface area contributed by atoms with Gasteiger partial charge in [0.1, 0.15) is 24.4 Å². The van der Waals surface area contributed by atoms with E-state index in [1.54, 1.807) is 31.4 Å². The van der Waals surface area contributed by atoms with Gasteiger partial charge in [-0.25, -0.2) is 0 Å². The fraction of sp³-hybridized carbons (Fsp3) is 0.400. The van der Waals surface area contributed by atoms with Crippen LogP contribution in [0, 0.1) is 5.92 Å². The van der Waals surface area contributed by atoms with Crippen LogP contribution in [-0.2, 0) is 22.6 Å². The monoisotopic (exact) mass is 360 g/mol. The van der Waals surface area contributed by atoms with Crippen molar-refractivity contribution in [2.75, 3.05) is 13.7 Å². The molecule has 0 N–H and O–H groups in total. The lowest BCUT2D eigenvalue weighted by Crippen LogP contribution is -2.12. The highest BCUT2D eigenvalue weighted by atomic mass is 16.5. The molecule has 1 heterocycles. The lowest BCUT2D eigenvalue weighted by molar-refractivity contribution is -0.144. The van der Waals surface area contributed by atoms with Crippen LogP contribution >= 0.6 is 0 Å². The number of hydrogen-bond donors (Lipinski definition) is 0. The van der Waals surface area contributed by atoms with Crippen LogP contribution in [0.1, 0.15) is 31.6 Å². The van der Waals surface area contributed by atoms with Gasteiger partial charge in [-0.05, 0) is 30.0 Å². The van der Waals surface area contributed by atoms with Crippen molar-refractivity contribution in [1.82, 2.24) is 0 Å². The lowest BCUT2D eigenvalue weighted by atomic mass is 10.1. The van der Waals surface area contributed by atoms with Gasteiger partial charge in [-0.3, -0.25) is 9.59 Å². The topological polar surface area (TPSA) is 75.0 Å². The predicted octanol–water partition coefficient (Wildman–Crippen LogP) is 3.36. The first-order chi connectivity index (χ1) is 12.5. The Morgan fingerprint density at radius 3 is 2.54 bits per heavy atom. The average molecular weight is 360 g/mol. The molecule has 0 fully saturated rings. The van der Waals surface area contributed by atoms with Gasteiger partial charge in [-0.15, -0.1) is 0 Å². The second-order valence-electron chi connectivity index (χ2n) is 6.29. The molecular weight excluding hydrogens is 336 g/mol. The zero-order chi connectivity index (χ0) is 18.9. The molecule has 0 bridgehead atoms. The molecule has 0 aliphatic rings. The molecule has 26 heavy (non-hydrogen) atoms. The molecule has 0 atom stereocenters. The molecule has 0 spiro atoms. The van der Waals surface area contributed by atoms with Crippen molar-refractivity contribution in [3.63, 3.8) is 0 Å². The van der Waals surface area contributed by atoms with Gasteiger partial charge >= 0.3 is 5.97 Å². The number of hydrogen-bond acceptors (Lipinski definition) is 6. The van der Waals surface area contributed by atoms with Crippen molar-refractivity contribution < 1.29 is 23.4 Å². The Hall–Kier alpha value is -2.76. The summed E-state index contributed by atoms with van der Waals surface area (Å²) < 4.78 is 20.9. The fourth-order valence-electron chi connectivity index (χ4n) is 2.14. The van der Waals surface area contributed by atoms with Crippen molar-refractivity contribution >= 4 is 5.97 Å². The van der Waals surface area contributed by atoms with Crippen molar-refractivity contribution in [1.29, 1.82) is 0 Å². The molecule has 0 amide bonds. The van der Waals surface area contributed by atoms with Crippen LogP contribution in [0.3, 0.4) is 0 Å². The van der Waals surface area contributed by atoms with Crippen LogP contribution in [0.4, 0.5) is 0 Å². The molecule has 1 aromatic carbocycles. The van der Waals surface area contributed by atoms with Crippen LogP contribution in [0.5, 0.6) is 11.5 Å². The molecule has 2 aromatic rings. The molecule has 0 radical (unpaired) electrons. The van der Waals surface area contributed by atoms with Gasteiger partial charge in [0.15, 0.2) is 0 Å². The zero-order valence-corrected chi connectivity index (χ0v) is 15.3. The highest BCUT2D eigenvalue weighted by molar-refractivity contribution is 5.72. The number of rotatable bonds is 9. The normalized spacial score (nSPS) is 10.6. The first-order valence-corrected chi connectivity index (χ1v) is 8.51. The Labute approximate surface area is 152 Å². The van der Waals surface area contributed by atoms with Crippen molar-refractivity contribution in [2.45, 2.75) is 33.3 Å². The van der Waals surface area contributed by atoms with Gasteiger partial charge in [0.25, 0.3) is 0 Å². The SMILES string of the molecule is COc1ccc(CC(=O)OCc2cc(=O)c(OCCC(C)C)co2)cc1. The summed E-state index contributed by atoms with van der Waals surface area (Å²) in [5.74, 6) is 1.24. The summed E-state index contributed by atoms with van der Waals surface area (Å²) >= 11 is 0. The highest BCUT2D eigenvalue weighted by Crippen LogP contribution is 2.13. The summed E-state index contributed by atoms with van der Waals surface area (Å²) in [4.78, 5) is 23.9. The maximum absolute atomic E-state index is 12.0. The van der Waals surface area contributed by atoms with Gasteiger partial charge in [0.2, 0.25) is 11.2 Å². The minimum Gasteiger partial charge on any atom is -0.497 e. The van der Waals surface area contributed by atoms with E-state index in [2.05, 4.69) is 13.8 Å². The third-order valence-electron chi connectivity index (χ3n) is 3.69. The molecule has 1 aromatic heterocycles. The first kappa shape index (κ1) is 19.6. The molecule has 6 heteroatoms. The van der Waals surface area contributed by atoms with Gasteiger partial charge in [-0.1, -0.05) is 26.0 Å². The van der Waals surface area contributed by atoms with Crippen molar-refractivity contribution in [3.05, 3.63) is 58.1 Å². The third-order valence-corrected chi connectivity index (χ3v) is 3.69. The van der Waals surface area contributed by atoms with E-state index in [9.17, 15) is 9.59 Å². The standard InChI is InChI=1S/C20H24O6/c1-14(2)8-9-24-19-13-25-17(11-18(19)21)12-26-20(22)10-15-4-6-16(23-3)7-5-15/h4-7,11,13-14H,8-10,12H2,1-3H3. The minimum atomic E-state index is -0.407. The van der Waals surface area contributed by atoms with Crippen molar-refractivity contribution in [2.24, 2.45) is 5.92 Å². The van der Waals surface area contributed by atoms with Crippen LogP contribution < -0.4 is 14.9 Å². The number of ether oxygens (including phenoxy) is 3. The van der Waals surface area contributed by atoms with E-state index in [4.69, 9.17) is 18.6 Å². The molecule has 140 valence electrons. The van der Waals surface area contributed by atoms with E-state index < -0.39 is 5.97 Å². The molecule has 0 unspecified atom stereocenters. The van der Waals surface area contributed by atoms with Gasteiger partial charge < -0.3 is 18.6 Å². The molecule has 0 saturated heterocycles. The van der Waals surface area contributed by atoms with Gasteiger partial charge in [0.05, 0.1) is 20.1 Å². The van der Waals surface area contributed by atoms with Crippen LogP contribution in [0.25, 0.3) is 0 Å². The minimum absolute atomic E-state index is 0.101. The third kappa shape index (κ3) is 6.27. The smallest absolute Gasteiger partial charge is 0.310 e. The summed E-state index contributed by atoms with van der Waals surface area (Å²) in [6.07, 6.45) is 2.24. The van der Waals surface area contributed by atoms with E-state index in [1.807, 2.05) is 0 Å². The molecule has 6 nitrogen and oxygen atoms in total. The van der Waals surface area contributed by atoms with E-state index >= 15 is 0 Å². The summed E-state index contributed by atoms with van der Waals surface area (Å²) in [6.45, 7) is 4.51. The average Bonchev–Trinajstić information content (AvgIpc) is 2.62. The van der Waals surface area contributed by atoms with Gasteiger partial charge in [-0.2, -0.15) is 0 Å². The maximum atomic E-state index is 12.0. The Kier molecular flexibility index (Phi) is 7.26. The Bertz CT molecular complexity index is 761. The molecule has 0 saturated carbocycles. The number of esters is 1.